The molecule has 92 valence electrons. The summed E-state index contributed by atoms with van der Waals surface area (Å²) in [6.07, 6.45) is 3.44. The first-order valence-electron chi connectivity index (χ1n) is 6.10. The fourth-order valence-electron chi connectivity index (χ4n) is 2.03. The van der Waals surface area contributed by atoms with E-state index in [1.807, 2.05) is 35.3 Å². The minimum Gasteiger partial charge on any atom is -0.342 e. The van der Waals surface area contributed by atoms with Gasteiger partial charge >= 0.3 is 0 Å². The Hall–Kier alpha value is -1.13. The highest BCUT2D eigenvalue weighted by Crippen LogP contribution is 2.22. The number of hydrogen-bond donors (Lipinski definition) is 2. The summed E-state index contributed by atoms with van der Waals surface area (Å²) in [6.45, 7) is 4.35. The van der Waals surface area contributed by atoms with Crippen LogP contribution in [0.3, 0.4) is 0 Å². The highest BCUT2D eigenvalue weighted by Gasteiger charge is 2.35. The third-order valence-corrected chi connectivity index (χ3v) is 3.27. The van der Waals surface area contributed by atoms with Crippen LogP contribution in [0.4, 0.5) is 5.69 Å². The van der Waals surface area contributed by atoms with E-state index in [9.17, 15) is 0 Å². The molecule has 1 atom stereocenters. The minimum atomic E-state index is -0.122. The second kappa shape index (κ2) is 5.02. The monoisotopic (exact) mass is 249 g/mol. The lowest BCUT2D eigenvalue weighted by Gasteiger charge is -2.25. The first kappa shape index (κ1) is 12.3. The van der Waals surface area contributed by atoms with Gasteiger partial charge in [0.1, 0.15) is 5.66 Å². The molecule has 2 N–H and O–H groups in total. The molecule has 1 unspecified atom stereocenters. The van der Waals surface area contributed by atoms with Gasteiger partial charge in [-0.1, -0.05) is 31.5 Å². The molecule has 1 saturated heterocycles. The van der Waals surface area contributed by atoms with Gasteiger partial charge in [0.25, 0.3) is 0 Å². The van der Waals surface area contributed by atoms with Crippen molar-refractivity contribution in [1.82, 2.24) is 10.7 Å². The molecule has 0 amide bonds. The van der Waals surface area contributed by atoms with Crippen LogP contribution in [-0.2, 0) is 0 Å². The van der Waals surface area contributed by atoms with Gasteiger partial charge in [0, 0.05) is 0 Å². The Kier molecular flexibility index (Phi) is 3.64. The molecule has 0 bridgehead atoms. The van der Waals surface area contributed by atoms with Gasteiger partial charge in [-0.05, 0) is 44.1 Å². The maximum atomic E-state index is 5.37. The number of anilines is 1. The number of thiocarbonyl (C=S) groups is 1. The predicted molar refractivity (Wildman–Crippen MR) is 75.7 cm³/mol. The van der Waals surface area contributed by atoms with E-state index in [4.69, 9.17) is 12.2 Å². The Morgan fingerprint density at radius 3 is 2.65 bits per heavy atom. The van der Waals surface area contributed by atoms with Crippen LogP contribution in [0, 0.1) is 0 Å². The van der Waals surface area contributed by atoms with Crippen molar-refractivity contribution in [2.75, 3.05) is 5.01 Å². The molecule has 17 heavy (non-hydrogen) atoms. The first-order valence-corrected chi connectivity index (χ1v) is 6.50. The van der Waals surface area contributed by atoms with E-state index < -0.39 is 0 Å². The number of nitrogens with one attached hydrogen (secondary N) is 2. The number of benzene rings is 1. The summed E-state index contributed by atoms with van der Waals surface area (Å²) in [6, 6.07) is 10.1. The molecular formula is C13H19N3S. The van der Waals surface area contributed by atoms with E-state index in [-0.39, 0.29) is 5.66 Å². The van der Waals surface area contributed by atoms with E-state index in [0.29, 0.717) is 0 Å². The normalized spacial score (nSPS) is 23.9. The van der Waals surface area contributed by atoms with E-state index >= 15 is 0 Å². The smallest absolute Gasteiger partial charge is 0.189 e. The van der Waals surface area contributed by atoms with Gasteiger partial charge in [-0.3, -0.25) is 5.01 Å². The largest absolute Gasteiger partial charge is 0.342 e. The number of hydrazine groups is 1. The van der Waals surface area contributed by atoms with Gasteiger partial charge in [-0.25, -0.2) is 5.43 Å². The van der Waals surface area contributed by atoms with Crippen LogP contribution in [0.15, 0.2) is 30.3 Å². The van der Waals surface area contributed by atoms with E-state index in [1.54, 1.807) is 0 Å². The average Bonchev–Trinajstić information content (AvgIpc) is 2.64. The number of nitrogens with zero attached hydrogens (tertiary/aromatic N) is 1. The van der Waals surface area contributed by atoms with E-state index in [0.717, 1.165) is 17.2 Å². The van der Waals surface area contributed by atoms with Gasteiger partial charge in [0.15, 0.2) is 5.11 Å². The Morgan fingerprint density at radius 2 is 2.00 bits per heavy atom. The number of hydrogen-bond acceptors (Lipinski definition) is 2. The summed E-state index contributed by atoms with van der Waals surface area (Å²) >= 11 is 5.37. The van der Waals surface area contributed by atoms with E-state index in [1.165, 1.54) is 12.8 Å². The zero-order valence-corrected chi connectivity index (χ0v) is 11.2. The van der Waals surface area contributed by atoms with Crippen molar-refractivity contribution in [3.8, 4) is 0 Å². The molecule has 0 aliphatic carbocycles. The second-order valence-corrected chi connectivity index (χ2v) is 5.04. The lowest BCUT2D eigenvalue weighted by atomic mass is 10.1. The highest BCUT2D eigenvalue weighted by atomic mass is 32.1. The topological polar surface area (TPSA) is 27.3 Å². The van der Waals surface area contributed by atoms with Gasteiger partial charge in [-0.2, -0.15) is 0 Å². The molecule has 1 fully saturated rings. The SMILES string of the molecule is CCCCC1(C)NC(=S)N(c2ccccc2)N1. The predicted octanol–water partition coefficient (Wildman–Crippen LogP) is 2.79. The molecule has 1 aromatic carbocycles. The third kappa shape index (κ3) is 2.76. The van der Waals surface area contributed by atoms with Crippen molar-refractivity contribution in [1.29, 1.82) is 0 Å². The number of unbranched alkanes of at least 4 members (excludes halogenated alkanes) is 1. The Balaban J connectivity index is 2.10. The summed E-state index contributed by atoms with van der Waals surface area (Å²) in [5, 5.41) is 6.05. The molecule has 0 aromatic heterocycles. The van der Waals surface area contributed by atoms with Crippen molar-refractivity contribution in [2.24, 2.45) is 0 Å². The van der Waals surface area contributed by atoms with Crippen molar-refractivity contribution in [3.63, 3.8) is 0 Å². The van der Waals surface area contributed by atoms with Gasteiger partial charge < -0.3 is 5.32 Å². The zero-order valence-electron chi connectivity index (χ0n) is 10.4. The minimum absolute atomic E-state index is 0.122. The lowest BCUT2D eigenvalue weighted by molar-refractivity contribution is 0.337. The van der Waals surface area contributed by atoms with Crippen molar-refractivity contribution in [3.05, 3.63) is 30.3 Å². The summed E-state index contributed by atoms with van der Waals surface area (Å²) in [7, 11) is 0. The van der Waals surface area contributed by atoms with Crippen molar-refractivity contribution >= 4 is 23.0 Å². The van der Waals surface area contributed by atoms with E-state index in [2.05, 4.69) is 24.6 Å². The quantitative estimate of drug-likeness (QED) is 0.802. The third-order valence-electron chi connectivity index (χ3n) is 2.99. The fraction of sp³-hybridized carbons (Fsp3) is 0.462. The zero-order chi connectivity index (χ0) is 12.3. The van der Waals surface area contributed by atoms with Crippen LogP contribution < -0.4 is 15.8 Å². The van der Waals surface area contributed by atoms with Crippen LogP contribution in [0.25, 0.3) is 0 Å². The van der Waals surface area contributed by atoms with Crippen LogP contribution in [0.1, 0.15) is 33.1 Å². The van der Waals surface area contributed by atoms with Crippen LogP contribution in [0.2, 0.25) is 0 Å². The second-order valence-electron chi connectivity index (χ2n) is 4.65. The molecule has 3 nitrogen and oxygen atoms in total. The molecule has 1 aliphatic heterocycles. The highest BCUT2D eigenvalue weighted by molar-refractivity contribution is 7.80. The Bertz CT molecular complexity index is 393. The van der Waals surface area contributed by atoms with Gasteiger partial charge in [-0.15, -0.1) is 0 Å². The molecule has 2 rings (SSSR count). The maximum absolute atomic E-state index is 5.37. The molecule has 1 aliphatic rings. The number of rotatable bonds is 4. The standard InChI is InChI=1S/C13H19N3S/c1-3-4-10-13(2)14-12(17)16(15-13)11-8-6-5-7-9-11/h5-9,15H,3-4,10H2,1-2H3,(H,14,17). The molecule has 1 heterocycles. The lowest BCUT2D eigenvalue weighted by Crippen LogP contribution is -2.48. The number of para-hydroxylation sites is 1. The van der Waals surface area contributed by atoms with Gasteiger partial charge in [0.05, 0.1) is 5.69 Å². The Morgan fingerprint density at radius 1 is 1.29 bits per heavy atom. The molecule has 0 saturated carbocycles. The van der Waals surface area contributed by atoms with Crippen molar-refractivity contribution < 1.29 is 0 Å². The van der Waals surface area contributed by atoms with Crippen molar-refractivity contribution in [2.45, 2.75) is 38.8 Å². The molecule has 0 spiro atoms. The summed E-state index contributed by atoms with van der Waals surface area (Å²) < 4.78 is 0. The molecular weight excluding hydrogens is 230 g/mol. The Labute approximate surface area is 108 Å². The molecule has 1 aromatic rings. The molecule has 4 heteroatoms. The van der Waals surface area contributed by atoms with Gasteiger partial charge in [0.2, 0.25) is 0 Å². The van der Waals surface area contributed by atoms with Crippen LogP contribution in [-0.4, -0.2) is 10.8 Å². The van der Waals surface area contributed by atoms with Crippen LogP contribution in [0.5, 0.6) is 0 Å². The maximum Gasteiger partial charge on any atom is 0.189 e. The fourth-order valence-corrected chi connectivity index (χ4v) is 2.40. The summed E-state index contributed by atoms with van der Waals surface area (Å²) in [5.41, 5.74) is 4.40. The molecule has 0 radical (unpaired) electrons. The summed E-state index contributed by atoms with van der Waals surface area (Å²) in [4.78, 5) is 0. The summed E-state index contributed by atoms with van der Waals surface area (Å²) in [5.74, 6) is 0. The van der Waals surface area contributed by atoms with Crippen LogP contribution >= 0.6 is 12.2 Å². The average molecular weight is 249 g/mol. The first-order chi connectivity index (χ1) is 8.14.